The zero-order valence-corrected chi connectivity index (χ0v) is 18.5. The number of non-ortho nitro benzene ring substituents is 1. The van der Waals surface area contributed by atoms with Crippen LogP contribution in [0, 0.1) is 24.0 Å². The molecule has 14 heteroatoms. The van der Waals surface area contributed by atoms with Gasteiger partial charge in [-0.1, -0.05) is 12.1 Å². The molecule has 0 fully saturated rings. The number of hydrogen-bond donors (Lipinski definition) is 2. The summed E-state index contributed by atoms with van der Waals surface area (Å²) < 4.78 is 69.5. The van der Waals surface area contributed by atoms with Crippen LogP contribution in [-0.4, -0.2) is 29.3 Å². The van der Waals surface area contributed by atoms with Gasteiger partial charge in [0.1, 0.15) is 0 Å². The molecule has 0 atom stereocenters. The number of rotatable bonds is 5. The smallest absolute Gasteiger partial charge is 0.324 e. The Labute approximate surface area is 191 Å². The number of nitrogens with zero attached hydrogens (tertiary/aromatic N) is 4. The first-order valence-electron chi connectivity index (χ1n) is 9.47. The first kappa shape index (κ1) is 24.6. The van der Waals surface area contributed by atoms with Crippen LogP contribution >= 0.6 is 0 Å². The van der Waals surface area contributed by atoms with Crippen LogP contribution in [0.3, 0.4) is 0 Å². The summed E-state index contributed by atoms with van der Waals surface area (Å²) in [6.45, 7) is 3.30. The molecule has 3 rings (SSSR count). The minimum absolute atomic E-state index is 0.105. The van der Waals surface area contributed by atoms with E-state index in [4.69, 9.17) is 0 Å². The second-order valence-corrected chi connectivity index (χ2v) is 8.54. The number of sulfonamides is 1. The van der Waals surface area contributed by atoms with Gasteiger partial charge in [0, 0.05) is 23.5 Å². The molecule has 0 spiro atoms. The van der Waals surface area contributed by atoms with Gasteiger partial charge >= 0.3 is 6.18 Å². The van der Waals surface area contributed by atoms with E-state index in [-0.39, 0.29) is 11.6 Å². The Morgan fingerprint density at radius 3 is 2.15 bits per heavy atom. The molecule has 1 heterocycles. The summed E-state index contributed by atoms with van der Waals surface area (Å²) in [5, 5.41) is 15.7. The number of nitro benzene ring substituents is 1. The standard InChI is InChI=1S/C20H17F3N6O4S/c1-12-11-13(2)25-18(24-12)27-19(26-17-6-4-3-5-16(17)20(21,22)23)28-34(32,33)15-9-7-14(8-10-15)29(30)31/h3-11H,1-2H3,(H2,24,25,26,27,28). The molecule has 0 bridgehead atoms. The SMILES string of the molecule is Cc1cc(C)nc(N/C(=N/S(=O)(=O)c2ccc([N+](=O)[O-])cc2)Nc2ccccc2C(F)(F)F)n1. The Kier molecular flexibility index (Phi) is 6.81. The molecule has 178 valence electrons. The number of benzene rings is 2. The molecular weight excluding hydrogens is 477 g/mol. The third kappa shape index (κ3) is 6.04. The van der Waals surface area contributed by atoms with Gasteiger partial charge in [-0.15, -0.1) is 4.40 Å². The number of halogens is 3. The lowest BCUT2D eigenvalue weighted by molar-refractivity contribution is -0.384. The van der Waals surface area contributed by atoms with Crippen molar-refractivity contribution >= 4 is 33.3 Å². The van der Waals surface area contributed by atoms with E-state index in [1.165, 1.54) is 12.1 Å². The normalized spacial score (nSPS) is 12.3. The minimum Gasteiger partial charge on any atom is -0.324 e. The first-order chi connectivity index (χ1) is 15.8. The lowest BCUT2D eigenvalue weighted by Crippen LogP contribution is -2.26. The van der Waals surface area contributed by atoms with E-state index in [1.54, 1.807) is 19.9 Å². The maximum Gasteiger partial charge on any atom is 0.418 e. The van der Waals surface area contributed by atoms with Gasteiger partial charge in [0.2, 0.25) is 11.9 Å². The van der Waals surface area contributed by atoms with Crippen LogP contribution < -0.4 is 10.6 Å². The van der Waals surface area contributed by atoms with Gasteiger partial charge < -0.3 is 5.32 Å². The Morgan fingerprint density at radius 1 is 1.00 bits per heavy atom. The molecule has 1 aromatic heterocycles. The highest BCUT2D eigenvalue weighted by atomic mass is 32.2. The Hall–Kier alpha value is -4.07. The van der Waals surface area contributed by atoms with Crippen LogP contribution in [-0.2, 0) is 16.2 Å². The highest BCUT2D eigenvalue weighted by Crippen LogP contribution is 2.34. The van der Waals surface area contributed by atoms with Gasteiger partial charge in [-0.25, -0.2) is 9.97 Å². The molecule has 0 amide bonds. The van der Waals surface area contributed by atoms with Crippen LogP contribution in [0.2, 0.25) is 0 Å². The Morgan fingerprint density at radius 2 is 1.59 bits per heavy atom. The average molecular weight is 494 g/mol. The number of aryl methyl sites for hydroxylation is 2. The molecule has 0 aliphatic carbocycles. The van der Waals surface area contributed by atoms with E-state index in [2.05, 4.69) is 25.0 Å². The third-order valence-electron chi connectivity index (χ3n) is 4.25. The van der Waals surface area contributed by atoms with Crippen LogP contribution in [0.25, 0.3) is 0 Å². The molecule has 0 unspecified atom stereocenters. The maximum absolute atomic E-state index is 13.4. The highest BCUT2D eigenvalue weighted by Gasteiger charge is 2.33. The second-order valence-electron chi connectivity index (χ2n) is 6.93. The molecule has 0 radical (unpaired) electrons. The lowest BCUT2D eigenvalue weighted by atomic mass is 10.1. The van der Waals surface area contributed by atoms with Crippen molar-refractivity contribution in [2.24, 2.45) is 4.40 Å². The molecule has 3 aromatic rings. The number of aromatic nitrogens is 2. The van der Waals surface area contributed by atoms with Crippen molar-refractivity contribution in [1.82, 2.24) is 9.97 Å². The molecule has 0 aliphatic rings. The zero-order valence-electron chi connectivity index (χ0n) is 17.7. The van der Waals surface area contributed by atoms with E-state index < -0.39 is 43.2 Å². The summed E-state index contributed by atoms with van der Waals surface area (Å²) in [7, 11) is -4.51. The van der Waals surface area contributed by atoms with E-state index in [0.29, 0.717) is 11.4 Å². The molecule has 34 heavy (non-hydrogen) atoms. The van der Waals surface area contributed by atoms with Gasteiger partial charge in [-0.2, -0.15) is 21.6 Å². The van der Waals surface area contributed by atoms with Crippen molar-refractivity contribution in [2.75, 3.05) is 10.6 Å². The predicted molar refractivity (Wildman–Crippen MR) is 118 cm³/mol. The van der Waals surface area contributed by atoms with Gasteiger partial charge in [-0.3, -0.25) is 15.4 Å². The summed E-state index contributed by atoms with van der Waals surface area (Å²) in [5.41, 5.74) is -0.836. The summed E-state index contributed by atoms with van der Waals surface area (Å²) in [5.74, 6) is -0.716. The zero-order chi connectivity index (χ0) is 25.1. The Balaban J connectivity index is 2.07. The number of nitrogens with one attached hydrogen (secondary N) is 2. The largest absolute Gasteiger partial charge is 0.418 e. The van der Waals surface area contributed by atoms with Crippen LogP contribution in [0.4, 0.5) is 30.5 Å². The fraction of sp³-hybridized carbons (Fsp3) is 0.150. The predicted octanol–water partition coefficient (Wildman–Crippen LogP) is 4.29. The molecule has 0 saturated carbocycles. The number of hydrogen-bond acceptors (Lipinski definition) is 6. The minimum atomic E-state index is -4.73. The monoisotopic (exact) mass is 494 g/mol. The topological polar surface area (TPSA) is 139 Å². The lowest BCUT2D eigenvalue weighted by Gasteiger charge is -2.16. The first-order valence-corrected chi connectivity index (χ1v) is 10.9. The number of guanidine groups is 1. The number of anilines is 2. The molecule has 0 saturated heterocycles. The van der Waals surface area contributed by atoms with E-state index in [0.717, 1.165) is 36.4 Å². The van der Waals surface area contributed by atoms with Gasteiger partial charge in [0.05, 0.1) is 21.1 Å². The fourth-order valence-corrected chi connectivity index (χ4v) is 3.76. The van der Waals surface area contributed by atoms with E-state index >= 15 is 0 Å². The molecule has 0 aliphatic heterocycles. The van der Waals surface area contributed by atoms with E-state index in [1.807, 2.05) is 0 Å². The van der Waals surface area contributed by atoms with Crippen molar-refractivity contribution in [3.8, 4) is 0 Å². The van der Waals surface area contributed by atoms with Gasteiger partial charge in [-0.05, 0) is 44.2 Å². The van der Waals surface area contributed by atoms with Crippen molar-refractivity contribution in [3.63, 3.8) is 0 Å². The van der Waals surface area contributed by atoms with Crippen molar-refractivity contribution < 1.29 is 26.5 Å². The van der Waals surface area contributed by atoms with Crippen molar-refractivity contribution in [1.29, 1.82) is 0 Å². The summed E-state index contributed by atoms with van der Waals surface area (Å²) in [6.07, 6.45) is -4.73. The number of alkyl halides is 3. The van der Waals surface area contributed by atoms with Crippen LogP contribution in [0.1, 0.15) is 17.0 Å². The van der Waals surface area contributed by atoms with Crippen LogP contribution in [0.5, 0.6) is 0 Å². The molecule has 2 aromatic carbocycles. The third-order valence-corrected chi connectivity index (χ3v) is 5.55. The molecule has 10 nitrogen and oxygen atoms in total. The van der Waals surface area contributed by atoms with Crippen molar-refractivity contribution in [2.45, 2.75) is 24.9 Å². The summed E-state index contributed by atoms with van der Waals surface area (Å²) in [4.78, 5) is 17.9. The maximum atomic E-state index is 13.4. The van der Waals surface area contributed by atoms with E-state index in [9.17, 15) is 31.7 Å². The highest BCUT2D eigenvalue weighted by molar-refractivity contribution is 7.90. The van der Waals surface area contributed by atoms with Gasteiger partial charge in [0.15, 0.2) is 0 Å². The quantitative estimate of drug-likeness (QED) is 0.232. The van der Waals surface area contributed by atoms with Crippen LogP contribution in [0.15, 0.2) is 63.9 Å². The number of nitro groups is 1. The summed E-state index contributed by atoms with van der Waals surface area (Å²) >= 11 is 0. The van der Waals surface area contributed by atoms with Gasteiger partial charge in [0.25, 0.3) is 15.7 Å². The Bertz CT molecular complexity index is 1340. The second kappa shape index (κ2) is 9.43. The average Bonchev–Trinajstić information content (AvgIpc) is 2.72. The fourth-order valence-electron chi connectivity index (χ4n) is 2.84. The number of para-hydroxylation sites is 1. The molecule has 2 N–H and O–H groups in total. The summed E-state index contributed by atoms with van der Waals surface area (Å²) in [6, 6.07) is 9.92. The van der Waals surface area contributed by atoms with Crippen molar-refractivity contribution in [3.05, 3.63) is 81.7 Å². The molecular formula is C20H17F3N6O4S.